The van der Waals surface area contributed by atoms with Crippen LogP contribution in [0.2, 0.25) is 0 Å². The summed E-state index contributed by atoms with van der Waals surface area (Å²) in [5.41, 5.74) is 0.938. The Bertz CT molecular complexity index is 810. The first-order valence-electron chi connectivity index (χ1n) is 8.36. The number of rotatable bonds is 5. The van der Waals surface area contributed by atoms with Gasteiger partial charge in [0.25, 0.3) is 5.89 Å². The lowest BCUT2D eigenvalue weighted by Gasteiger charge is -2.22. The van der Waals surface area contributed by atoms with Crippen molar-refractivity contribution in [2.45, 2.75) is 45.3 Å². The van der Waals surface area contributed by atoms with E-state index in [2.05, 4.69) is 32.5 Å². The van der Waals surface area contributed by atoms with Crippen LogP contribution in [0.25, 0.3) is 11.5 Å². The van der Waals surface area contributed by atoms with Crippen LogP contribution in [0.4, 0.5) is 0 Å². The van der Waals surface area contributed by atoms with Crippen LogP contribution in [0.1, 0.15) is 30.8 Å². The Kier molecular flexibility index (Phi) is 4.08. The molecule has 7 heteroatoms. The third kappa shape index (κ3) is 3.07. The first kappa shape index (κ1) is 15.0. The molecular weight excluding hydrogens is 304 g/mol. The van der Waals surface area contributed by atoms with E-state index in [0.29, 0.717) is 24.3 Å². The average molecular weight is 324 g/mol. The Labute approximate surface area is 140 Å². The summed E-state index contributed by atoms with van der Waals surface area (Å²) in [4.78, 5) is 8.99. The highest BCUT2D eigenvalue weighted by molar-refractivity contribution is 5.51. The Morgan fingerprint density at radius 1 is 1.21 bits per heavy atom. The van der Waals surface area contributed by atoms with Crippen LogP contribution in [0.15, 0.2) is 34.9 Å². The zero-order valence-corrected chi connectivity index (χ0v) is 13.6. The summed E-state index contributed by atoms with van der Waals surface area (Å²) in [7, 11) is 0. The Morgan fingerprint density at radius 3 is 2.92 bits per heavy atom. The summed E-state index contributed by atoms with van der Waals surface area (Å²) in [6.07, 6.45) is 2.88. The summed E-state index contributed by atoms with van der Waals surface area (Å²) >= 11 is 0. The van der Waals surface area contributed by atoms with Gasteiger partial charge in [-0.15, -0.1) is 0 Å². The summed E-state index contributed by atoms with van der Waals surface area (Å²) in [6, 6.07) is 10.2. The molecule has 2 aromatic heterocycles. The molecule has 3 heterocycles. The van der Waals surface area contributed by atoms with Gasteiger partial charge in [0.2, 0.25) is 0 Å². The summed E-state index contributed by atoms with van der Waals surface area (Å²) in [5.74, 6) is 3.25. The van der Waals surface area contributed by atoms with Gasteiger partial charge < -0.3 is 9.84 Å². The number of fused-ring (bicyclic) bond motifs is 1. The van der Waals surface area contributed by atoms with Crippen LogP contribution in [0.3, 0.4) is 0 Å². The van der Waals surface area contributed by atoms with E-state index in [4.69, 9.17) is 4.52 Å². The van der Waals surface area contributed by atoms with Crippen LogP contribution in [-0.2, 0) is 25.9 Å². The number of hydrogen-bond acceptors (Lipinski definition) is 6. The number of aromatic nitrogens is 5. The molecule has 0 unspecified atom stereocenters. The van der Waals surface area contributed by atoms with Crippen molar-refractivity contribution in [1.29, 1.82) is 0 Å². The second-order valence-electron chi connectivity index (χ2n) is 5.98. The van der Waals surface area contributed by atoms with Crippen LogP contribution in [-0.4, -0.2) is 30.9 Å². The van der Waals surface area contributed by atoms with Gasteiger partial charge in [0.1, 0.15) is 5.82 Å². The normalized spacial score (nSPS) is 17.0. The number of hydrogen-bond donors (Lipinski definition) is 1. The Hall–Kier alpha value is -2.54. The number of nitrogens with zero attached hydrogens (tertiary/aromatic N) is 5. The van der Waals surface area contributed by atoms with Crippen molar-refractivity contribution in [2.75, 3.05) is 0 Å². The highest BCUT2D eigenvalue weighted by Crippen LogP contribution is 2.17. The maximum Gasteiger partial charge on any atom is 0.257 e. The standard InChI is InChI=1S/C17H20N6O/c1-2-14-19-16-9-8-13(11-23(16)21-14)18-10-15-20-17(24-22-15)12-6-4-3-5-7-12/h3-7,13,18H,2,8-11H2,1H3/t13-/m1/s1. The molecule has 3 aromatic rings. The smallest absolute Gasteiger partial charge is 0.257 e. The zero-order chi connectivity index (χ0) is 16.4. The number of aryl methyl sites for hydroxylation is 2. The zero-order valence-electron chi connectivity index (χ0n) is 13.6. The quantitative estimate of drug-likeness (QED) is 0.773. The van der Waals surface area contributed by atoms with Crippen molar-refractivity contribution < 1.29 is 4.52 Å². The first-order chi connectivity index (χ1) is 11.8. The van der Waals surface area contributed by atoms with E-state index in [1.54, 1.807) is 0 Å². The minimum absolute atomic E-state index is 0.350. The van der Waals surface area contributed by atoms with Crippen molar-refractivity contribution >= 4 is 0 Å². The van der Waals surface area contributed by atoms with E-state index in [-0.39, 0.29) is 0 Å². The molecule has 4 rings (SSSR count). The molecule has 1 N–H and O–H groups in total. The van der Waals surface area contributed by atoms with Crippen LogP contribution in [0, 0.1) is 0 Å². The molecule has 0 saturated carbocycles. The number of benzene rings is 1. The van der Waals surface area contributed by atoms with Gasteiger partial charge in [-0.2, -0.15) is 10.1 Å². The maximum absolute atomic E-state index is 5.34. The molecule has 0 aliphatic carbocycles. The van der Waals surface area contributed by atoms with Crippen molar-refractivity contribution in [3.05, 3.63) is 47.8 Å². The monoisotopic (exact) mass is 324 g/mol. The summed E-state index contributed by atoms with van der Waals surface area (Å²) in [5, 5.41) is 12.1. The highest BCUT2D eigenvalue weighted by Gasteiger charge is 2.21. The van der Waals surface area contributed by atoms with Gasteiger partial charge in [-0.05, 0) is 18.6 Å². The minimum atomic E-state index is 0.350. The van der Waals surface area contributed by atoms with Crippen LogP contribution in [0.5, 0.6) is 0 Å². The SMILES string of the molecule is CCc1nc2n(n1)C[C@H](NCc1noc(-c3ccccc3)n1)CC2. The predicted molar refractivity (Wildman–Crippen MR) is 88.1 cm³/mol. The topological polar surface area (TPSA) is 81.7 Å². The Morgan fingerprint density at radius 2 is 2.08 bits per heavy atom. The molecule has 0 fully saturated rings. The predicted octanol–water partition coefficient (Wildman–Crippen LogP) is 2.00. The van der Waals surface area contributed by atoms with Crippen molar-refractivity contribution in [3.63, 3.8) is 0 Å². The van der Waals surface area contributed by atoms with Crippen molar-refractivity contribution in [3.8, 4) is 11.5 Å². The third-order valence-corrected chi connectivity index (χ3v) is 4.26. The molecule has 1 atom stereocenters. The molecule has 0 bridgehead atoms. The molecule has 7 nitrogen and oxygen atoms in total. The average Bonchev–Trinajstić information content (AvgIpc) is 3.27. The highest BCUT2D eigenvalue weighted by atomic mass is 16.5. The lowest BCUT2D eigenvalue weighted by atomic mass is 10.1. The fourth-order valence-corrected chi connectivity index (χ4v) is 2.94. The molecule has 0 spiro atoms. The van der Waals surface area contributed by atoms with Gasteiger partial charge in [-0.1, -0.05) is 30.3 Å². The van der Waals surface area contributed by atoms with Gasteiger partial charge in [-0.3, -0.25) is 0 Å². The van der Waals surface area contributed by atoms with Gasteiger partial charge in [0.15, 0.2) is 11.6 Å². The van der Waals surface area contributed by atoms with Gasteiger partial charge in [0.05, 0.1) is 13.1 Å². The van der Waals surface area contributed by atoms with E-state index >= 15 is 0 Å². The Balaban J connectivity index is 1.37. The van der Waals surface area contributed by atoms with Crippen molar-refractivity contribution in [1.82, 2.24) is 30.2 Å². The molecule has 1 aliphatic rings. The van der Waals surface area contributed by atoms with Crippen LogP contribution < -0.4 is 5.32 Å². The molecule has 124 valence electrons. The minimum Gasteiger partial charge on any atom is -0.334 e. The summed E-state index contributed by atoms with van der Waals surface area (Å²) in [6.45, 7) is 3.51. The molecule has 0 radical (unpaired) electrons. The molecule has 1 aromatic carbocycles. The molecular formula is C17H20N6O. The van der Waals surface area contributed by atoms with Gasteiger partial charge in [0, 0.05) is 24.4 Å². The first-order valence-corrected chi connectivity index (χ1v) is 8.36. The fraction of sp³-hybridized carbons (Fsp3) is 0.412. The molecule has 1 aliphatic heterocycles. The molecule has 0 amide bonds. The third-order valence-electron chi connectivity index (χ3n) is 4.26. The maximum atomic E-state index is 5.34. The lowest BCUT2D eigenvalue weighted by molar-refractivity contribution is 0.350. The van der Waals surface area contributed by atoms with Gasteiger partial charge in [-0.25, -0.2) is 9.67 Å². The van der Waals surface area contributed by atoms with E-state index in [9.17, 15) is 0 Å². The van der Waals surface area contributed by atoms with Crippen molar-refractivity contribution in [2.24, 2.45) is 0 Å². The number of nitrogens with one attached hydrogen (secondary N) is 1. The second kappa shape index (κ2) is 6.52. The largest absolute Gasteiger partial charge is 0.334 e. The fourth-order valence-electron chi connectivity index (χ4n) is 2.94. The second-order valence-corrected chi connectivity index (χ2v) is 5.98. The summed E-state index contributed by atoms with van der Waals surface area (Å²) < 4.78 is 7.36. The van der Waals surface area contributed by atoms with Gasteiger partial charge >= 0.3 is 0 Å². The van der Waals surface area contributed by atoms with Crippen LogP contribution >= 0.6 is 0 Å². The molecule has 24 heavy (non-hydrogen) atoms. The lowest BCUT2D eigenvalue weighted by Crippen LogP contribution is -2.37. The van der Waals surface area contributed by atoms with E-state index < -0.39 is 0 Å². The van der Waals surface area contributed by atoms with E-state index in [1.165, 1.54) is 0 Å². The van der Waals surface area contributed by atoms with E-state index in [0.717, 1.165) is 43.0 Å². The molecule has 0 saturated heterocycles. The van der Waals surface area contributed by atoms with E-state index in [1.807, 2.05) is 35.0 Å².